The molecule has 1 unspecified atom stereocenters. The highest BCUT2D eigenvalue weighted by Crippen LogP contribution is 2.28. The van der Waals surface area contributed by atoms with E-state index in [1.54, 1.807) is 0 Å². The molecule has 1 atom stereocenters. The smallest absolute Gasteiger partial charge is 0.202 e. The van der Waals surface area contributed by atoms with Gasteiger partial charge in [-0.1, -0.05) is 24.3 Å². The molecule has 1 aromatic heterocycles. The van der Waals surface area contributed by atoms with Gasteiger partial charge in [-0.15, -0.1) is 0 Å². The van der Waals surface area contributed by atoms with E-state index in [4.69, 9.17) is 10.7 Å². The zero-order valence-electron chi connectivity index (χ0n) is 18.3. The first-order valence-corrected chi connectivity index (χ1v) is 10.4. The Morgan fingerprint density at radius 2 is 1.73 bits per heavy atom. The van der Waals surface area contributed by atoms with Gasteiger partial charge in [-0.25, -0.2) is 9.98 Å². The maximum Gasteiger partial charge on any atom is 0.202 e. The third kappa shape index (κ3) is 3.98. The van der Waals surface area contributed by atoms with Gasteiger partial charge in [0.1, 0.15) is 11.6 Å². The summed E-state index contributed by atoms with van der Waals surface area (Å²) in [4.78, 5) is 16.1. The molecule has 158 valence electrons. The molecule has 7 nitrogen and oxygen atoms in total. The summed E-state index contributed by atoms with van der Waals surface area (Å²) in [6.45, 7) is 7.71. The fourth-order valence-electron chi connectivity index (χ4n) is 3.81. The number of piperazine rings is 1. The summed E-state index contributed by atoms with van der Waals surface area (Å²) in [5, 5.41) is 3.48. The van der Waals surface area contributed by atoms with Crippen LogP contribution in [0, 0.1) is 13.8 Å². The second-order valence-corrected chi connectivity index (χ2v) is 8.27. The molecule has 1 saturated heterocycles. The minimum atomic E-state index is -0.906. The van der Waals surface area contributed by atoms with Crippen LogP contribution in [0.5, 0.6) is 0 Å². The summed E-state index contributed by atoms with van der Waals surface area (Å²) in [5.74, 6) is 2.79. The lowest BCUT2D eigenvalue weighted by molar-refractivity contribution is 0.352. The molecule has 3 heterocycles. The molecule has 0 bridgehead atoms. The molecule has 7 heteroatoms. The molecule has 2 aliphatic rings. The van der Waals surface area contributed by atoms with E-state index in [0.717, 1.165) is 49.3 Å². The highest BCUT2D eigenvalue weighted by Gasteiger charge is 2.33. The predicted molar refractivity (Wildman–Crippen MR) is 122 cm³/mol. The number of guanidine groups is 1. The summed E-state index contributed by atoms with van der Waals surface area (Å²) in [6.07, 6.45) is 3.85. The van der Waals surface area contributed by atoms with Crippen molar-refractivity contribution in [1.29, 1.82) is 0 Å². The minimum absolute atomic E-state index is 0.822. The van der Waals surface area contributed by atoms with Crippen LogP contribution in [0.1, 0.15) is 16.7 Å². The number of rotatable bonds is 3. The zero-order valence-corrected chi connectivity index (χ0v) is 18.3. The maximum absolute atomic E-state index is 6.87. The summed E-state index contributed by atoms with van der Waals surface area (Å²) in [6, 6.07) is 12.4. The molecule has 3 N–H and O–H groups in total. The van der Waals surface area contributed by atoms with E-state index in [1.165, 1.54) is 11.1 Å². The number of nitrogens with two attached hydrogens (primary N) is 1. The van der Waals surface area contributed by atoms with E-state index in [1.807, 2.05) is 43.4 Å². The van der Waals surface area contributed by atoms with Crippen molar-refractivity contribution in [3.8, 4) is 0 Å². The Bertz CT molecular complexity index is 959. The third-order valence-corrected chi connectivity index (χ3v) is 5.89. The highest BCUT2D eigenvalue weighted by atomic mass is 15.4. The number of aliphatic imine (C=N–C) groups is 1. The van der Waals surface area contributed by atoms with Gasteiger partial charge in [0.2, 0.25) is 5.96 Å². The number of nitrogens with one attached hydrogen (secondary N) is 1. The van der Waals surface area contributed by atoms with Crippen molar-refractivity contribution in [2.75, 3.05) is 45.2 Å². The fourth-order valence-corrected chi connectivity index (χ4v) is 3.81. The Morgan fingerprint density at radius 3 is 2.37 bits per heavy atom. The predicted octanol–water partition coefficient (Wildman–Crippen LogP) is 1.99. The Labute approximate surface area is 178 Å². The first-order chi connectivity index (χ1) is 14.4. The van der Waals surface area contributed by atoms with Crippen molar-refractivity contribution in [1.82, 2.24) is 20.1 Å². The van der Waals surface area contributed by atoms with Crippen molar-refractivity contribution < 1.29 is 0 Å². The van der Waals surface area contributed by atoms with Gasteiger partial charge in [-0.05, 0) is 42.7 Å². The molecule has 2 aromatic rings. The van der Waals surface area contributed by atoms with E-state index in [2.05, 4.69) is 58.2 Å². The molecule has 0 saturated carbocycles. The molecule has 0 spiro atoms. The van der Waals surface area contributed by atoms with Crippen LogP contribution in [0.4, 0.5) is 5.82 Å². The molecule has 4 rings (SSSR count). The Hall–Kier alpha value is -3.06. The quantitative estimate of drug-likeness (QED) is 0.814. The van der Waals surface area contributed by atoms with Crippen LogP contribution in [-0.2, 0) is 5.66 Å². The Morgan fingerprint density at radius 1 is 1.00 bits per heavy atom. The standard InChI is InChI=1S/C23H31N7/c1-17-8-9-19(15-18(17)2)23(24)16-21(28(3)4)26-22(27-23)30-13-11-29(12-14-30)20-7-5-6-10-25-20/h5-10,15-16H,11-14,24H2,1-4H3,(H,26,27). The molecular formula is C23H31N7. The van der Waals surface area contributed by atoms with Crippen LogP contribution >= 0.6 is 0 Å². The van der Waals surface area contributed by atoms with Gasteiger partial charge in [-0.3, -0.25) is 5.73 Å². The third-order valence-electron chi connectivity index (χ3n) is 5.89. The van der Waals surface area contributed by atoms with Crippen LogP contribution in [0.15, 0.2) is 59.5 Å². The topological polar surface area (TPSA) is 73.0 Å². The first-order valence-electron chi connectivity index (χ1n) is 10.4. The van der Waals surface area contributed by atoms with Gasteiger partial charge in [0.25, 0.3) is 0 Å². The van der Waals surface area contributed by atoms with Crippen molar-refractivity contribution in [3.05, 3.63) is 71.2 Å². The van der Waals surface area contributed by atoms with E-state index in [0.29, 0.717) is 0 Å². The Balaban J connectivity index is 1.59. The molecule has 0 aliphatic carbocycles. The van der Waals surface area contributed by atoms with Gasteiger partial charge in [0, 0.05) is 52.5 Å². The van der Waals surface area contributed by atoms with Gasteiger partial charge < -0.3 is 20.0 Å². The SMILES string of the molecule is Cc1ccc(C2(N)C=C(N(C)C)NC(N3CCN(c4ccccn4)CC3)=N2)cc1C. The van der Waals surface area contributed by atoms with Crippen LogP contribution in [0.2, 0.25) is 0 Å². The second kappa shape index (κ2) is 7.99. The molecule has 1 fully saturated rings. The lowest BCUT2D eigenvalue weighted by atomic mass is 9.95. The Kier molecular flexibility index (Phi) is 5.39. The summed E-state index contributed by atoms with van der Waals surface area (Å²) in [5.41, 5.74) is 9.43. The average molecular weight is 406 g/mol. The van der Waals surface area contributed by atoms with Gasteiger partial charge in [0.05, 0.1) is 0 Å². The lowest BCUT2D eigenvalue weighted by Crippen LogP contribution is -2.56. The number of benzene rings is 1. The number of pyridine rings is 1. The van der Waals surface area contributed by atoms with E-state index < -0.39 is 5.66 Å². The van der Waals surface area contributed by atoms with E-state index in [9.17, 15) is 0 Å². The number of aryl methyl sites for hydroxylation is 2. The largest absolute Gasteiger partial charge is 0.364 e. The number of nitrogens with zero attached hydrogens (tertiary/aromatic N) is 5. The van der Waals surface area contributed by atoms with Crippen molar-refractivity contribution in [3.63, 3.8) is 0 Å². The number of anilines is 1. The fraction of sp³-hybridized carbons (Fsp3) is 0.391. The van der Waals surface area contributed by atoms with Crippen LogP contribution in [0.3, 0.4) is 0 Å². The zero-order chi connectivity index (χ0) is 21.3. The monoisotopic (exact) mass is 405 g/mol. The van der Waals surface area contributed by atoms with Gasteiger partial charge >= 0.3 is 0 Å². The molecule has 30 heavy (non-hydrogen) atoms. The van der Waals surface area contributed by atoms with Crippen molar-refractivity contribution in [2.24, 2.45) is 10.7 Å². The molecule has 1 aromatic carbocycles. The minimum Gasteiger partial charge on any atom is -0.364 e. The maximum atomic E-state index is 6.87. The summed E-state index contributed by atoms with van der Waals surface area (Å²) in [7, 11) is 4.03. The normalized spacial score (nSPS) is 21.6. The van der Waals surface area contributed by atoms with Gasteiger partial charge in [-0.2, -0.15) is 0 Å². The average Bonchev–Trinajstić information content (AvgIpc) is 2.76. The van der Waals surface area contributed by atoms with Crippen molar-refractivity contribution >= 4 is 11.8 Å². The van der Waals surface area contributed by atoms with Crippen LogP contribution < -0.4 is 16.0 Å². The molecular weight excluding hydrogens is 374 g/mol. The summed E-state index contributed by atoms with van der Waals surface area (Å²) >= 11 is 0. The van der Waals surface area contributed by atoms with Crippen LogP contribution in [-0.4, -0.2) is 61.0 Å². The molecule has 0 radical (unpaired) electrons. The summed E-state index contributed by atoms with van der Waals surface area (Å²) < 4.78 is 0. The lowest BCUT2D eigenvalue weighted by Gasteiger charge is -2.41. The van der Waals surface area contributed by atoms with E-state index >= 15 is 0 Å². The number of aromatic nitrogens is 1. The molecule has 0 amide bonds. The molecule has 2 aliphatic heterocycles. The second-order valence-electron chi connectivity index (χ2n) is 8.27. The number of hydrogen-bond acceptors (Lipinski definition) is 7. The first kappa shape index (κ1) is 20.2. The number of hydrogen-bond donors (Lipinski definition) is 2. The van der Waals surface area contributed by atoms with Gasteiger partial charge in [0.15, 0.2) is 5.66 Å². The van der Waals surface area contributed by atoms with E-state index in [-0.39, 0.29) is 0 Å². The van der Waals surface area contributed by atoms with Crippen molar-refractivity contribution in [2.45, 2.75) is 19.5 Å². The highest BCUT2D eigenvalue weighted by molar-refractivity contribution is 5.83. The van der Waals surface area contributed by atoms with Crippen LogP contribution in [0.25, 0.3) is 0 Å².